The van der Waals surface area contributed by atoms with Gasteiger partial charge in [-0.3, -0.25) is 14.9 Å². The molecule has 24 heavy (non-hydrogen) atoms. The number of hydrogen-bond acceptors (Lipinski definition) is 5. The Morgan fingerprint density at radius 2 is 2.04 bits per heavy atom. The average Bonchev–Trinajstić information content (AvgIpc) is 3.00. The van der Waals surface area contributed by atoms with Crippen LogP contribution in [0, 0.1) is 4.77 Å². The molecule has 0 aliphatic carbocycles. The summed E-state index contributed by atoms with van der Waals surface area (Å²) in [7, 11) is 0. The summed E-state index contributed by atoms with van der Waals surface area (Å²) in [6.45, 7) is 6.50. The lowest BCUT2D eigenvalue weighted by Gasteiger charge is -2.22. The maximum absolute atomic E-state index is 8.75. The van der Waals surface area contributed by atoms with Crippen molar-refractivity contribution in [2.45, 2.75) is 27.0 Å². The zero-order chi connectivity index (χ0) is 17.5. The zero-order valence-corrected chi connectivity index (χ0v) is 15.3. The van der Waals surface area contributed by atoms with Crippen molar-refractivity contribution in [2.24, 2.45) is 0 Å². The SMILES string of the molecule is CCN(CC)C(=S)NCc1cc(COO)cc(-n2cn[nH]c2=S)c1. The first kappa shape index (κ1) is 18.5. The Kier molecular flexibility index (Phi) is 6.85. The van der Waals surface area contributed by atoms with Gasteiger partial charge in [0.15, 0.2) is 9.88 Å². The predicted octanol–water partition coefficient (Wildman–Crippen LogP) is 2.64. The van der Waals surface area contributed by atoms with Crippen LogP contribution < -0.4 is 5.32 Å². The highest BCUT2D eigenvalue weighted by molar-refractivity contribution is 7.80. The number of nitrogens with one attached hydrogen (secondary N) is 2. The average molecular weight is 368 g/mol. The second-order valence-corrected chi connectivity index (χ2v) is 5.92. The molecule has 0 spiro atoms. The van der Waals surface area contributed by atoms with Crippen molar-refractivity contribution in [2.75, 3.05) is 13.1 Å². The fraction of sp³-hybridized carbons (Fsp3) is 0.400. The molecule has 2 rings (SSSR count). The molecule has 0 amide bonds. The van der Waals surface area contributed by atoms with Crippen molar-refractivity contribution in [3.8, 4) is 5.69 Å². The molecule has 0 bridgehead atoms. The summed E-state index contributed by atoms with van der Waals surface area (Å²) in [5, 5.41) is 19.4. The monoisotopic (exact) mass is 367 g/mol. The summed E-state index contributed by atoms with van der Waals surface area (Å²) in [5.74, 6) is 0. The highest BCUT2D eigenvalue weighted by Gasteiger charge is 2.08. The molecular weight excluding hydrogens is 346 g/mol. The van der Waals surface area contributed by atoms with E-state index >= 15 is 0 Å². The fourth-order valence-corrected chi connectivity index (χ4v) is 2.91. The number of aromatic amines is 1. The van der Waals surface area contributed by atoms with Crippen LogP contribution in [0.2, 0.25) is 0 Å². The van der Waals surface area contributed by atoms with Crippen LogP contribution in [0.3, 0.4) is 0 Å². The number of H-pyrrole nitrogens is 1. The summed E-state index contributed by atoms with van der Waals surface area (Å²) in [6.07, 6.45) is 1.61. The maximum atomic E-state index is 8.75. The minimum absolute atomic E-state index is 0.0898. The van der Waals surface area contributed by atoms with Gasteiger partial charge in [0.25, 0.3) is 0 Å². The molecule has 0 fully saturated rings. The fourth-order valence-electron chi connectivity index (χ4n) is 2.37. The van der Waals surface area contributed by atoms with Crippen molar-refractivity contribution < 1.29 is 10.1 Å². The van der Waals surface area contributed by atoms with E-state index in [1.165, 1.54) is 0 Å². The lowest BCUT2D eigenvalue weighted by Crippen LogP contribution is -2.39. The van der Waals surface area contributed by atoms with Crippen LogP contribution >= 0.6 is 24.4 Å². The van der Waals surface area contributed by atoms with Crippen molar-refractivity contribution in [3.05, 3.63) is 40.4 Å². The van der Waals surface area contributed by atoms with E-state index in [4.69, 9.17) is 29.7 Å². The highest BCUT2D eigenvalue weighted by Crippen LogP contribution is 2.16. The van der Waals surface area contributed by atoms with Gasteiger partial charge in [0.1, 0.15) is 12.9 Å². The Hall–Kier alpha value is -1.81. The van der Waals surface area contributed by atoms with E-state index in [0.29, 0.717) is 16.4 Å². The molecule has 7 nitrogen and oxygen atoms in total. The van der Waals surface area contributed by atoms with Crippen LogP contribution in [0.1, 0.15) is 25.0 Å². The van der Waals surface area contributed by atoms with E-state index in [-0.39, 0.29) is 6.61 Å². The molecule has 0 unspecified atom stereocenters. The molecule has 0 aliphatic rings. The lowest BCUT2D eigenvalue weighted by molar-refractivity contribution is -0.253. The van der Waals surface area contributed by atoms with E-state index in [0.717, 1.165) is 29.9 Å². The third-order valence-electron chi connectivity index (χ3n) is 3.59. The Bertz CT molecular complexity index is 739. The van der Waals surface area contributed by atoms with Crippen molar-refractivity contribution in [1.82, 2.24) is 25.0 Å². The van der Waals surface area contributed by atoms with E-state index in [2.05, 4.69) is 39.1 Å². The van der Waals surface area contributed by atoms with Crippen LogP contribution in [-0.2, 0) is 18.0 Å². The van der Waals surface area contributed by atoms with E-state index in [1.54, 1.807) is 10.9 Å². The first-order valence-corrected chi connectivity index (χ1v) is 8.45. The van der Waals surface area contributed by atoms with Gasteiger partial charge in [-0.05, 0) is 61.5 Å². The third-order valence-corrected chi connectivity index (χ3v) is 4.28. The predicted molar refractivity (Wildman–Crippen MR) is 98.5 cm³/mol. The number of rotatable bonds is 7. The molecule has 2 aromatic rings. The largest absolute Gasteiger partial charge is 0.358 e. The Labute approximate surface area is 151 Å². The van der Waals surface area contributed by atoms with Crippen molar-refractivity contribution in [1.29, 1.82) is 0 Å². The van der Waals surface area contributed by atoms with Gasteiger partial charge in [-0.1, -0.05) is 6.07 Å². The van der Waals surface area contributed by atoms with Gasteiger partial charge in [-0.15, -0.1) is 0 Å². The van der Waals surface area contributed by atoms with E-state index < -0.39 is 0 Å². The van der Waals surface area contributed by atoms with Gasteiger partial charge in [0, 0.05) is 19.6 Å². The van der Waals surface area contributed by atoms with Gasteiger partial charge in [0.2, 0.25) is 0 Å². The molecule has 9 heteroatoms. The first-order valence-electron chi connectivity index (χ1n) is 7.63. The summed E-state index contributed by atoms with van der Waals surface area (Å²) < 4.78 is 2.25. The van der Waals surface area contributed by atoms with Crippen LogP contribution in [0.15, 0.2) is 24.5 Å². The Morgan fingerprint density at radius 3 is 2.62 bits per heavy atom. The van der Waals surface area contributed by atoms with Gasteiger partial charge >= 0.3 is 0 Å². The smallest absolute Gasteiger partial charge is 0.199 e. The number of aromatic nitrogens is 3. The molecule has 0 radical (unpaired) electrons. The maximum Gasteiger partial charge on any atom is 0.199 e. The highest BCUT2D eigenvalue weighted by atomic mass is 32.1. The molecule has 0 saturated heterocycles. The molecule has 1 aromatic heterocycles. The molecule has 0 aliphatic heterocycles. The third kappa shape index (κ3) is 4.60. The lowest BCUT2D eigenvalue weighted by atomic mass is 10.1. The number of benzene rings is 1. The van der Waals surface area contributed by atoms with Crippen molar-refractivity contribution >= 4 is 29.5 Å². The standard InChI is InChI=1S/C15H21N5O2S2/c1-3-19(4-2)14(23)16-8-11-5-12(9-22-21)7-13(6-11)20-10-17-18-15(20)24/h5-7,10,21H,3-4,8-9H2,1-2H3,(H,16,23)(H,18,24). The number of nitrogens with zero attached hydrogens (tertiary/aromatic N) is 3. The van der Waals surface area contributed by atoms with Gasteiger partial charge in [-0.2, -0.15) is 5.10 Å². The molecule has 3 N–H and O–H groups in total. The summed E-state index contributed by atoms with van der Waals surface area (Å²) in [4.78, 5) is 6.34. The van der Waals surface area contributed by atoms with Gasteiger partial charge in [0.05, 0.1) is 5.69 Å². The Balaban J connectivity index is 2.23. The topological polar surface area (TPSA) is 78.3 Å². The van der Waals surface area contributed by atoms with E-state index in [9.17, 15) is 0 Å². The molecule has 1 aromatic carbocycles. The second kappa shape index (κ2) is 8.88. The van der Waals surface area contributed by atoms with Gasteiger partial charge in [-0.25, -0.2) is 4.89 Å². The van der Waals surface area contributed by atoms with Crippen molar-refractivity contribution in [3.63, 3.8) is 0 Å². The summed E-state index contributed by atoms with van der Waals surface area (Å²) >= 11 is 10.6. The van der Waals surface area contributed by atoms with Crippen LogP contribution in [0.4, 0.5) is 0 Å². The second-order valence-electron chi connectivity index (χ2n) is 5.14. The molecule has 1 heterocycles. The first-order chi connectivity index (χ1) is 11.6. The molecule has 0 atom stereocenters. The normalized spacial score (nSPS) is 10.6. The summed E-state index contributed by atoms with van der Waals surface area (Å²) in [6, 6.07) is 5.82. The Morgan fingerprint density at radius 1 is 1.33 bits per heavy atom. The van der Waals surface area contributed by atoms with Crippen LogP contribution in [0.25, 0.3) is 5.69 Å². The van der Waals surface area contributed by atoms with Gasteiger partial charge < -0.3 is 10.2 Å². The quantitative estimate of drug-likeness (QED) is 0.394. The number of thiocarbonyl (C=S) groups is 1. The van der Waals surface area contributed by atoms with E-state index in [1.807, 2.05) is 18.2 Å². The number of hydrogen-bond donors (Lipinski definition) is 3. The molecule has 0 saturated carbocycles. The summed E-state index contributed by atoms with van der Waals surface area (Å²) in [5.41, 5.74) is 2.66. The van der Waals surface area contributed by atoms with Crippen LogP contribution in [-0.4, -0.2) is 43.1 Å². The zero-order valence-electron chi connectivity index (χ0n) is 13.7. The molecular formula is C15H21N5O2S2. The molecule has 130 valence electrons. The minimum Gasteiger partial charge on any atom is -0.358 e. The van der Waals surface area contributed by atoms with Crippen LogP contribution in [0.5, 0.6) is 0 Å². The minimum atomic E-state index is 0.0898.